The van der Waals surface area contributed by atoms with Gasteiger partial charge in [-0.3, -0.25) is 4.79 Å². The summed E-state index contributed by atoms with van der Waals surface area (Å²) >= 11 is 0. The second kappa shape index (κ2) is 6.74. The highest BCUT2D eigenvalue weighted by atomic mass is 16.1. The molecule has 0 aliphatic carbocycles. The van der Waals surface area contributed by atoms with E-state index >= 15 is 0 Å². The van der Waals surface area contributed by atoms with Crippen molar-refractivity contribution in [3.05, 3.63) is 11.9 Å². The summed E-state index contributed by atoms with van der Waals surface area (Å²) in [6.45, 7) is 8.64. The van der Waals surface area contributed by atoms with E-state index in [2.05, 4.69) is 41.0 Å². The zero-order valence-electron chi connectivity index (χ0n) is 13.1. The first-order chi connectivity index (χ1) is 10.0. The van der Waals surface area contributed by atoms with E-state index in [-0.39, 0.29) is 17.7 Å². The topological polar surface area (TPSA) is 84.1 Å². The quantitative estimate of drug-likeness (QED) is 0.834. The number of amides is 1. The Morgan fingerprint density at radius 3 is 2.86 bits per heavy atom. The Morgan fingerprint density at radius 1 is 1.52 bits per heavy atom. The molecule has 0 radical (unpaired) electrons. The molecule has 3 N–H and O–H groups in total. The van der Waals surface area contributed by atoms with Crippen LogP contribution in [0.5, 0.6) is 0 Å². The molecule has 0 spiro atoms. The fourth-order valence-corrected chi connectivity index (χ4v) is 2.42. The number of anilines is 2. The highest BCUT2D eigenvalue weighted by Crippen LogP contribution is 2.25. The normalized spacial score (nSPS) is 18.3. The summed E-state index contributed by atoms with van der Waals surface area (Å²) in [5, 5.41) is 3.32. The maximum Gasteiger partial charge on any atom is 0.222 e. The Bertz CT molecular complexity index is 503. The smallest absolute Gasteiger partial charge is 0.222 e. The number of aromatic nitrogens is 2. The number of primary amides is 1. The first-order valence-electron chi connectivity index (χ1n) is 7.68. The lowest BCUT2D eigenvalue weighted by Crippen LogP contribution is -2.28. The number of carbonyl (C=O) groups is 1. The zero-order valence-corrected chi connectivity index (χ0v) is 13.1. The summed E-state index contributed by atoms with van der Waals surface area (Å²) < 4.78 is 0. The summed E-state index contributed by atoms with van der Waals surface area (Å²) in [5.74, 6) is 2.54. The van der Waals surface area contributed by atoms with Gasteiger partial charge in [-0.05, 0) is 12.8 Å². The lowest BCUT2D eigenvalue weighted by Gasteiger charge is -2.19. The largest absolute Gasteiger partial charge is 0.370 e. The van der Waals surface area contributed by atoms with Gasteiger partial charge < -0.3 is 16.0 Å². The maximum atomic E-state index is 11.3. The second-order valence-electron chi connectivity index (χ2n) is 5.89. The molecule has 116 valence electrons. The Hall–Kier alpha value is -1.85. The van der Waals surface area contributed by atoms with Gasteiger partial charge in [0.25, 0.3) is 0 Å². The summed E-state index contributed by atoms with van der Waals surface area (Å²) in [6, 6.07) is 1.96. The molecular weight excluding hydrogens is 266 g/mol. The van der Waals surface area contributed by atoms with E-state index in [0.29, 0.717) is 6.54 Å². The SMILES string of the molecule is CCCNc1cc(N2CCC(C(N)=O)C2)nc(C(C)C)n1. The van der Waals surface area contributed by atoms with Crippen molar-refractivity contribution in [2.45, 2.75) is 39.5 Å². The number of hydrogen-bond donors (Lipinski definition) is 2. The number of rotatable bonds is 6. The van der Waals surface area contributed by atoms with Gasteiger partial charge in [-0.15, -0.1) is 0 Å². The maximum absolute atomic E-state index is 11.3. The minimum Gasteiger partial charge on any atom is -0.370 e. The fraction of sp³-hybridized carbons (Fsp3) is 0.667. The van der Waals surface area contributed by atoms with Crippen LogP contribution in [0.25, 0.3) is 0 Å². The van der Waals surface area contributed by atoms with Crippen LogP contribution in [0.15, 0.2) is 6.07 Å². The minimum absolute atomic E-state index is 0.0745. The van der Waals surface area contributed by atoms with Crippen LogP contribution in [0.4, 0.5) is 11.6 Å². The van der Waals surface area contributed by atoms with Gasteiger partial charge in [0.2, 0.25) is 5.91 Å². The predicted molar refractivity (Wildman–Crippen MR) is 84.4 cm³/mol. The molecule has 6 heteroatoms. The molecule has 0 bridgehead atoms. The molecule has 21 heavy (non-hydrogen) atoms. The Morgan fingerprint density at radius 2 is 2.29 bits per heavy atom. The van der Waals surface area contributed by atoms with E-state index in [1.165, 1.54) is 0 Å². The van der Waals surface area contributed by atoms with Gasteiger partial charge in [0.15, 0.2) is 0 Å². The van der Waals surface area contributed by atoms with Crippen LogP contribution < -0.4 is 16.0 Å². The molecule has 0 aromatic carbocycles. The summed E-state index contributed by atoms with van der Waals surface area (Å²) in [7, 11) is 0. The van der Waals surface area contributed by atoms with Crippen molar-refractivity contribution >= 4 is 17.5 Å². The van der Waals surface area contributed by atoms with Crippen LogP contribution in [-0.2, 0) is 4.79 Å². The van der Waals surface area contributed by atoms with E-state index in [1.54, 1.807) is 0 Å². The number of nitrogens with zero attached hydrogens (tertiary/aromatic N) is 3. The lowest BCUT2D eigenvalue weighted by atomic mass is 10.1. The molecule has 1 saturated heterocycles. The monoisotopic (exact) mass is 291 g/mol. The van der Waals surface area contributed by atoms with Gasteiger partial charge in [0.1, 0.15) is 17.5 Å². The van der Waals surface area contributed by atoms with Crippen molar-refractivity contribution in [1.29, 1.82) is 0 Å². The average molecular weight is 291 g/mol. The van der Waals surface area contributed by atoms with E-state index in [1.807, 2.05) is 6.07 Å². The molecule has 1 atom stereocenters. The summed E-state index contributed by atoms with van der Waals surface area (Å²) in [6.07, 6.45) is 1.85. The van der Waals surface area contributed by atoms with Crippen molar-refractivity contribution in [3.8, 4) is 0 Å². The molecule has 1 aromatic heterocycles. The van der Waals surface area contributed by atoms with Crippen LogP contribution in [0, 0.1) is 5.92 Å². The minimum atomic E-state index is -0.222. The van der Waals surface area contributed by atoms with E-state index < -0.39 is 0 Å². The zero-order chi connectivity index (χ0) is 15.4. The molecule has 2 rings (SSSR count). The third-order valence-electron chi connectivity index (χ3n) is 3.72. The third kappa shape index (κ3) is 3.83. The molecule has 1 fully saturated rings. The Balaban J connectivity index is 2.21. The highest BCUT2D eigenvalue weighted by Gasteiger charge is 2.28. The van der Waals surface area contributed by atoms with E-state index in [0.717, 1.165) is 43.4 Å². The Kier molecular flexibility index (Phi) is 4.98. The van der Waals surface area contributed by atoms with Crippen LogP contribution in [0.1, 0.15) is 45.4 Å². The van der Waals surface area contributed by atoms with Gasteiger partial charge in [-0.1, -0.05) is 20.8 Å². The van der Waals surface area contributed by atoms with Crippen LogP contribution >= 0.6 is 0 Å². The standard InChI is InChI=1S/C15H25N5O/c1-4-6-17-12-8-13(19-15(18-12)10(2)3)20-7-5-11(9-20)14(16)21/h8,10-11H,4-7,9H2,1-3H3,(H2,16,21)(H,17,18,19). The molecule has 0 saturated carbocycles. The first kappa shape index (κ1) is 15.5. The first-order valence-corrected chi connectivity index (χ1v) is 7.68. The third-order valence-corrected chi connectivity index (χ3v) is 3.72. The van der Waals surface area contributed by atoms with E-state index in [9.17, 15) is 4.79 Å². The molecule has 1 aromatic rings. The summed E-state index contributed by atoms with van der Waals surface area (Å²) in [5.41, 5.74) is 5.40. The molecule has 1 aliphatic heterocycles. The number of nitrogens with one attached hydrogen (secondary N) is 1. The average Bonchev–Trinajstić information content (AvgIpc) is 2.94. The van der Waals surface area contributed by atoms with Gasteiger partial charge in [0.05, 0.1) is 5.92 Å². The van der Waals surface area contributed by atoms with Crippen molar-refractivity contribution in [1.82, 2.24) is 9.97 Å². The highest BCUT2D eigenvalue weighted by molar-refractivity contribution is 5.78. The predicted octanol–water partition coefficient (Wildman–Crippen LogP) is 1.73. The molecule has 1 amide bonds. The van der Waals surface area contributed by atoms with Crippen molar-refractivity contribution < 1.29 is 4.79 Å². The van der Waals surface area contributed by atoms with E-state index in [4.69, 9.17) is 5.73 Å². The fourth-order valence-electron chi connectivity index (χ4n) is 2.42. The number of carbonyl (C=O) groups excluding carboxylic acids is 1. The number of nitrogens with two attached hydrogens (primary N) is 1. The van der Waals surface area contributed by atoms with Crippen LogP contribution in [-0.4, -0.2) is 35.5 Å². The van der Waals surface area contributed by atoms with Crippen molar-refractivity contribution in [3.63, 3.8) is 0 Å². The molecule has 1 aliphatic rings. The summed E-state index contributed by atoms with van der Waals surface area (Å²) in [4.78, 5) is 22.6. The van der Waals surface area contributed by atoms with Gasteiger partial charge in [0, 0.05) is 31.6 Å². The molecule has 2 heterocycles. The number of hydrogen-bond acceptors (Lipinski definition) is 5. The second-order valence-corrected chi connectivity index (χ2v) is 5.89. The van der Waals surface area contributed by atoms with Gasteiger partial charge in [-0.2, -0.15) is 0 Å². The van der Waals surface area contributed by atoms with Crippen LogP contribution in [0.2, 0.25) is 0 Å². The molecular formula is C15H25N5O. The Labute approximate surface area is 126 Å². The van der Waals surface area contributed by atoms with Gasteiger partial charge in [-0.25, -0.2) is 9.97 Å². The van der Waals surface area contributed by atoms with Crippen molar-refractivity contribution in [2.24, 2.45) is 11.7 Å². The lowest BCUT2D eigenvalue weighted by molar-refractivity contribution is -0.121. The van der Waals surface area contributed by atoms with Gasteiger partial charge >= 0.3 is 0 Å². The molecule has 1 unspecified atom stereocenters. The van der Waals surface area contributed by atoms with Crippen LogP contribution in [0.3, 0.4) is 0 Å². The molecule has 6 nitrogen and oxygen atoms in total. The van der Waals surface area contributed by atoms with Crippen molar-refractivity contribution in [2.75, 3.05) is 29.9 Å².